The first-order valence-corrected chi connectivity index (χ1v) is 13.1. The molecule has 1 atom stereocenters. The standard InChI is InChI=1S/C19H36O3Si2/c1-11-12-18(10)19-13-20-23(14(2)3,15(4)5)22-24(21-19,16(6)7)17(8)9/h1,12,14-17,19H,13H2,2-10H3/b18-12+/t19-/m1/s1. The molecule has 1 aliphatic heterocycles. The topological polar surface area (TPSA) is 27.7 Å². The molecule has 0 radical (unpaired) electrons. The Morgan fingerprint density at radius 1 is 0.958 bits per heavy atom. The molecule has 0 amide bonds. The zero-order valence-electron chi connectivity index (χ0n) is 17.0. The van der Waals surface area contributed by atoms with Gasteiger partial charge in [0.2, 0.25) is 0 Å². The summed E-state index contributed by atoms with van der Waals surface area (Å²) >= 11 is 0. The van der Waals surface area contributed by atoms with Crippen LogP contribution >= 0.6 is 0 Å². The van der Waals surface area contributed by atoms with E-state index in [0.29, 0.717) is 28.8 Å². The quantitative estimate of drug-likeness (QED) is 0.472. The third-order valence-corrected chi connectivity index (χ3v) is 15.4. The Morgan fingerprint density at radius 2 is 1.42 bits per heavy atom. The predicted molar refractivity (Wildman–Crippen MR) is 106 cm³/mol. The summed E-state index contributed by atoms with van der Waals surface area (Å²) in [5.41, 5.74) is 2.51. The smallest absolute Gasteiger partial charge is 0.335 e. The van der Waals surface area contributed by atoms with E-state index in [4.69, 9.17) is 19.4 Å². The Kier molecular flexibility index (Phi) is 7.52. The lowest BCUT2D eigenvalue weighted by Crippen LogP contribution is -2.59. The third-order valence-electron chi connectivity index (χ3n) is 5.14. The third kappa shape index (κ3) is 4.05. The second kappa shape index (κ2) is 8.33. The van der Waals surface area contributed by atoms with Crippen LogP contribution in [0.2, 0.25) is 22.2 Å². The van der Waals surface area contributed by atoms with Crippen molar-refractivity contribution in [3.8, 4) is 12.3 Å². The van der Waals surface area contributed by atoms with E-state index in [1.54, 1.807) is 6.08 Å². The van der Waals surface area contributed by atoms with Crippen molar-refractivity contribution in [3.63, 3.8) is 0 Å². The van der Waals surface area contributed by atoms with E-state index in [1.165, 1.54) is 0 Å². The average molecular weight is 369 g/mol. The van der Waals surface area contributed by atoms with Crippen molar-refractivity contribution >= 4 is 17.1 Å². The van der Waals surface area contributed by atoms with Crippen LogP contribution < -0.4 is 0 Å². The van der Waals surface area contributed by atoms with Gasteiger partial charge in [-0.1, -0.05) is 61.3 Å². The normalized spacial score (nSPS) is 24.5. The minimum atomic E-state index is -2.48. The fraction of sp³-hybridized carbons (Fsp3) is 0.789. The van der Waals surface area contributed by atoms with Crippen LogP contribution in [0.25, 0.3) is 0 Å². The lowest BCUT2D eigenvalue weighted by molar-refractivity contribution is 0.143. The molecule has 0 aliphatic carbocycles. The van der Waals surface area contributed by atoms with Crippen molar-refractivity contribution in [2.24, 2.45) is 0 Å². The van der Waals surface area contributed by atoms with Gasteiger partial charge >= 0.3 is 17.1 Å². The van der Waals surface area contributed by atoms with Gasteiger partial charge in [-0.25, -0.2) is 0 Å². The van der Waals surface area contributed by atoms with Gasteiger partial charge in [0.05, 0.1) is 12.7 Å². The van der Waals surface area contributed by atoms with Crippen molar-refractivity contribution in [1.82, 2.24) is 0 Å². The summed E-state index contributed by atoms with van der Waals surface area (Å²) in [6.07, 6.45) is 7.17. The molecule has 1 saturated heterocycles. The highest BCUT2D eigenvalue weighted by Gasteiger charge is 2.58. The summed E-state index contributed by atoms with van der Waals surface area (Å²) in [7, 11) is -4.88. The fourth-order valence-electron chi connectivity index (χ4n) is 3.62. The second-order valence-electron chi connectivity index (χ2n) is 8.14. The van der Waals surface area contributed by atoms with E-state index in [9.17, 15) is 0 Å². The van der Waals surface area contributed by atoms with Crippen molar-refractivity contribution in [1.29, 1.82) is 0 Å². The minimum Gasteiger partial charge on any atom is -0.414 e. The van der Waals surface area contributed by atoms with Crippen molar-refractivity contribution in [2.45, 2.75) is 90.6 Å². The molecule has 0 aromatic heterocycles. The van der Waals surface area contributed by atoms with Crippen molar-refractivity contribution < 1.29 is 13.0 Å². The number of hydrogen-bond acceptors (Lipinski definition) is 3. The van der Waals surface area contributed by atoms with Crippen LogP contribution in [0, 0.1) is 12.3 Å². The van der Waals surface area contributed by atoms with E-state index < -0.39 is 17.1 Å². The molecule has 138 valence electrons. The Hall–Kier alpha value is -0.386. The molecule has 1 heterocycles. The highest BCUT2D eigenvalue weighted by molar-refractivity contribution is 6.84. The molecular weight excluding hydrogens is 332 g/mol. The Labute approximate surface area is 151 Å². The first-order valence-electron chi connectivity index (χ1n) is 9.18. The maximum Gasteiger partial charge on any atom is 0.335 e. The Balaban J connectivity index is 3.47. The summed E-state index contributed by atoms with van der Waals surface area (Å²) in [6, 6.07) is 0. The van der Waals surface area contributed by atoms with Crippen LogP contribution in [0.15, 0.2) is 11.6 Å². The zero-order chi connectivity index (χ0) is 18.7. The van der Waals surface area contributed by atoms with Gasteiger partial charge in [0, 0.05) is 0 Å². The van der Waals surface area contributed by atoms with Gasteiger partial charge in [-0.2, -0.15) is 0 Å². The summed E-state index contributed by atoms with van der Waals surface area (Å²) < 4.78 is 20.4. The maximum atomic E-state index is 7.05. The number of allylic oxidation sites excluding steroid dienone is 1. The molecule has 0 N–H and O–H groups in total. The van der Waals surface area contributed by atoms with Crippen LogP contribution in [0.5, 0.6) is 0 Å². The number of hydrogen-bond donors (Lipinski definition) is 0. The van der Waals surface area contributed by atoms with Crippen LogP contribution in [0.4, 0.5) is 0 Å². The van der Waals surface area contributed by atoms with Gasteiger partial charge in [-0.15, -0.1) is 6.42 Å². The maximum absolute atomic E-state index is 7.05. The van der Waals surface area contributed by atoms with Gasteiger partial charge in [0.1, 0.15) is 0 Å². The van der Waals surface area contributed by atoms with Crippen molar-refractivity contribution in [3.05, 3.63) is 11.6 Å². The SMILES string of the molecule is C#C/C=C(\C)[C@H]1CO[Si](C(C)C)(C(C)C)O[Si](C(C)C)(C(C)C)O1. The van der Waals surface area contributed by atoms with Gasteiger partial charge in [-0.3, -0.25) is 0 Å². The summed E-state index contributed by atoms with van der Waals surface area (Å²) in [5, 5.41) is 0. The van der Waals surface area contributed by atoms with Gasteiger partial charge in [-0.05, 0) is 40.7 Å². The highest BCUT2D eigenvalue weighted by atomic mass is 28.5. The Morgan fingerprint density at radius 3 is 1.79 bits per heavy atom. The molecule has 0 unspecified atom stereocenters. The largest absolute Gasteiger partial charge is 0.414 e. The molecule has 1 fully saturated rings. The van der Waals surface area contributed by atoms with Crippen LogP contribution in [0.3, 0.4) is 0 Å². The first kappa shape index (κ1) is 21.7. The average Bonchev–Trinajstić information content (AvgIpc) is 2.66. The molecule has 0 spiro atoms. The molecule has 0 aromatic carbocycles. The van der Waals surface area contributed by atoms with Gasteiger partial charge in [0.25, 0.3) is 0 Å². The summed E-state index contributed by atoms with van der Waals surface area (Å²) in [4.78, 5) is 0. The molecule has 1 rings (SSSR count). The summed E-state index contributed by atoms with van der Waals surface area (Å²) in [5.74, 6) is 2.63. The van der Waals surface area contributed by atoms with E-state index in [0.717, 1.165) is 5.57 Å². The summed E-state index contributed by atoms with van der Waals surface area (Å²) in [6.45, 7) is 20.4. The highest BCUT2D eigenvalue weighted by Crippen LogP contribution is 2.46. The van der Waals surface area contributed by atoms with Crippen molar-refractivity contribution in [2.75, 3.05) is 6.61 Å². The fourth-order valence-corrected chi connectivity index (χ4v) is 14.8. The van der Waals surface area contributed by atoms with Gasteiger partial charge in [0.15, 0.2) is 0 Å². The van der Waals surface area contributed by atoms with E-state index >= 15 is 0 Å². The van der Waals surface area contributed by atoms with E-state index in [1.807, 2.05) is 6.92 Å². The molecular formula is C19H36O3Si2. The second-order valence-corrected chi connectivity index (χ2v) is 17.0. The predicted octanol–water partition coefficient (Wildman–Crippen LogP) is 5.52. The number of rotatable bonds is 5. The molecule has 5 heteroatoms. The molecule has 3 nitrogen and oxygen atoms in total. The lowest BCUT2D eigenvalue weighted by Gasteiger charge is -2.45. The molecule has 1 aliphatic rings. The first-order chi connectivity index (χ1) is 11.0. The molecule has 0 bridgehead atoms. The molecule has 0 aromatic rings. The van der Waals surface area contributed by atoms with E-state index in [-0.39, 0.29) is 6.10 Å². The van der Waals surface area contributed by atoms with E-state index in [2.05, 4.69) is 61.3 Å². The van der Waals surface area contributed by atoms with Crippen LogP contribution in [-0.4, -0.2) is 29.8 Å². The lowest BCUT2D eigenvalue weighted by atomic mass is 10.2. The van der Waals surface area contributed by atoms with Crippen LogP contribution in [0.1, 0.15) is 62.3 Å². The zero-order valence-corrected chi connectivity index (χ0v) is 19.0. The minimum absolute atomic E-state index is 0.107. The monoisotopic (exact) mass is 368 g/mol. The van der Waals surface area contributed by atoms with Crippen LogP contribution in [-0.2, 0) is 13.0 Å². The number of terminal acetylenes is 1. The Bertz CT molecular complexity index is 473. The van der Waals surface area contributed by atoms with Gasteiger partial charge < -0.3 is 13.0 Å². The molecule has 0 saturated carbocycles. The molecule has 24 heavy (non-hydrogen) atoms.